The molecule has 0 aliphatic carbocycles. The summed E-state index contributed by atoms with van der Waals surface area (Å²) in [5.41, 5.74) is 2.18. The summed E-state index contributed by atoms with van der Waals surface area (Å²) in [5.74, 6) is 0. The minimum absolute atomic E-state index is 0.0456. The van der Waals surface area contributed by atoms with Crippen molar-refractivity contribution in [3.63, 3.8) is 0 Å². The van der Waals surface area contributed by atoms with Gasteiger partial charge in [0.25, 0.3) is 0 Å². The number of rotatable bonds is 7. The molecular weight excluding hydrogens is 312 g/mol. The summed E-state index contributed by atoms with van der Waals surface area (Å²) >= 11 is 0. The van der Waals surface area contributed by atoms with Crippen LogP contribution in [-0.2, 0) is 4.74 Å². The Hall–Kier alpha value is -1.72. The molecule has 2 aromatic carbocycles. The van der Waals surface area contributed by atoms with Crippen LogP contribution in [0.1, 0.15) is 30.2 Å². The molecule has 1 aliphatic rings. The lowest BCUT2D eigenvalue weighted by Crippen LogP contribution is -2.48. The van der Waals surface area contributed by atoms with Gasteiger partial charge in [-0.15, -0.1) is 0 Å². The second kappa shape index (κ2) is 9.11. The fraction of sp³-hybridized carbons (Fsp3) is 0.429. The molecule has 3 unspecified atom stereocenters. The molecule has 1 heterocycles. The Balaban J connectivity index is 1.73. The van der Waals surface area contributed by atoms with Gasteiger partial charge in [-0.2, -0.15) is 0 Å². The Morgan fingerprint density at radius 3 is 2.12 bits per heavy atom. The van der Waals surface area contributed by atoms with E-state index in [2.05, 4.69) is 41.4 Å². The van der Waals surface area contributed by atoms with Gasteiger partial charge in [-0.25, -0.2) is 0 Å². The van der Waals surface area contributed by atoms with Crippen LogP contribution in [0.4, 0.5) is 0 Å². The van der Waals surface area contributed by atoms with Crippen LogP contribution >= 0.6 is 0 Å². The van der Waals surface area contributed by atoms with E-state index in [1.807, 2.05) is 36.4 Å². The van der Waals surface area contributed by atoms with E-state index < -0.39 is 6.10 Å². The highest BCUT2D eigenvalue weighted by Gasteiger charge is 2.26. The van der Waals surface area contributed by atoms with Gasteiger partial charge in [0.15, 0.2) is 0 Å². The predicted octanol–water partition coefficient (Wildman–Crippen LogP) is 2.77. The van der Waals surface area contributed by atoms with E-state index >= 15 is 0 Å². The van der Waals surface area contributed by atoms with E-state index in [9.17, 15) is 5.11 Å². The molecule has 1 fully saturated rings. The first-order valence-corrected chi connectivity index (χ1v) is 9.08. The summed E-state index contributed by atoms with van der Waals surface area (Å²) in [6.45, 7) is 6.32. The molecule has 0 aromatic heterocycles. The molecule has 4 nitrogen and oxygen atoms in total. The van der Waals surface area contributed by atoms with Gasteiger partial charge >= 0.3 is 0 Å². The second-order valence-electron chi connectivity index (χ2n) is 6.67. The number of aliphatic hydroxyl groups excluding tert-OH is 1. The lowest BCUT2D eigenvalue weighted by atomic mass is 9.99. The molecule has 25 heavy (non-hydrogen) atoms. The second-order valence-corrected chi connectivity index (χ2v) is 6.67. The summed E-state index contributed by atoms with van der Waals surface area (Å²) < 4.78 is 5.45. The smallest absolute Gasteiger partial charge is 0.0955 e. The predicted molar refractivity (Wildman–Crippen MR) is 100 cm³/mol. The van der Waals surface area contributed by atoms with Crippen LogP contribution in [0.15, 0.2) is 60.7 Å². The van der Waals surface area contributed by atoms with Gasteiger partial charge in [0.05, 0.1) is 25.4 Å². The van der Waals surface area contributed by atoms with Crippen molar-refractivity contribution in [3.05, 3.63) is 71.8 Å². The SMILES string of the molecule is CC(NC(CN1CCOCC1)C(O)c1ccccc1)c1ccccc1. The van der Waals surface area contributed by atoms with Crippen LogP contribution in [0.5, 0.6) is 0 Å². The zero-order chi connectivity index (χ0) is 17.5. The largest absolute Gasteiger partial charge is 0.387 e. The highest BCUT2D eigenvalue weighted by Crippen LogP contribution is 2.21. The van der Waals surface area contributed by atoms with Crippen molar-refractivity contribution >= 4 is 0 Å². The van der Waals surface area contributed by atoms with Gasteiger partial charge in [0.2, 0.25) is 0 Å². The molecule has 0 spiro atoms. The lowest BCUT2D eigenvalue weighted by molar-refractivity contribution is 0.0188. The van der Waals surface area contributed by atoms with Crippen molar-refractivity contribution in [2.75, 3.05) is 32.8 Å². The average Bonchev–Trinajstić information content (AvgIpc) is 2.69. The van der Waals surface area contributed by atoms with E-state index in [1.165, 1.54) is 5.56 Å². The Morgan fingerprint density at radius 2 is 1.52 bits per heavy atom. The lowest BCUT2D eigenvalue weighted by Gasteiger charge is -2.34. The maximum atomic E-state index is 11.0. The number of ether oxygens (including phenoxy) is 1. The van der Waals surface area contributed by atoms with Gasteiger partial charge in [-0.05, 0) is 18.1 Å². The van der Waals surface area contributed by atoms with Gasteiger partial charge in [-0.1, -0.05) is 60.7 Å². The quantitative estimate of drug-likeness (QED) is 0.813. The van der Waals surface area contributed by atoms with Crippen LogP contribution in [-0.4, -0.2) is 48.9 Å². The minimum Gasteiger partial charge on any atom is -0.387 e. The van der Waals surface area contributed by atoms with Crippen LogP contribution in [0, 0.1) is 0 Å². The highest BCUT2D eigenvalue weighted by molar-refractivity contribution is 5.21. The van der Waals surface area contributed by atoms with E-state index in [-0.39, 0.29) is 12.1 Å². The summed E-state index contributed by atoms with van der Waals surface area (Å²) in [6.07, 6.45) is -0.546. The average molecular weight is 340 g/mol. The van der Waals surface area contributed by atoms with Crippen LogP contribution in [0.25, 0.3) is 0 Å². The first kappa shape index (κ1) is 18.1. The molecule has 0 saturated carbocycles. The fourth-order valence-electron chi connectivity index (χ4n) is 3.35. The van der Waals surface area contributed by atoms with Gasteiger partial charge in [-0.3, -0.25) is 4.90 Å². The first-order chi connectivity index (χ1) is 12.2. The highest BCUT2D eigenvalue weighted by atomic mass is 16.5. The Morgan fingerprint density at radius 1 is 0.960 bits per heavy atom. The maximum Gasteiger partial charge on any atom is 0.0955 e. The molecule has 3 rings (SSSR count). The summed E-state index contributed by atoms with van der Waals surface area (Å²) in [5, 5.41) is 14.6. The Labute approximate surface area is 150 Å². The van der Waals surface area contributed by atoms with Crippen LogP contribution in [0.3, 0.4) is 0 Å². The molecule has 0 bridgehead atoms. The third-order valence-electron chi connectivity index (χ3n) is 4.84. The molecule has 134 valence electrons. The summed E-state index contributed by atoms with van der Waals surface area (Å²) in [6, 6.07) is 20.4. The Bertz CT molecular complexity index is 614. The van der Waals surface area contributed by atoms with Crippen molar-refractivity contribution in [1.82, 2.24) is 10.2 Å². The Kier molecular flexibility index (Phi) is 6.59. The summed E-state index contributed by atoms with van der Waals surface area (Å²) in [4.78, 5) is 2.37. The normalized spacial score (nSPS) is 19.3. The summed E-state index contributed by atoms with van der Waals surface area (Å²) in [7, 11) is 0. The van der Waals surface area contributed by atoms with E-state index in [0.29, 0.717) is 0 Å². The molecule has 3 atom stereocenters. The van der Waals surface area contributed by atoms with E-state index in [4.69, 9.17) is 4.74 Å². The molecule has 1 aliphatic heterocycles. The molecule has 1 saturated heterocycles. The number of nitrogens with one attached hydrogen (secondary N) is 1. The number of hydrogen-bond acceptors (Lipinski definition) is 4. The van der Waals surface area contributed by atoms with Crippen LogP contribution < -0.4 is 5.32 Å². The molecule has 2 aromatic rings. The van der Waals surface area contributed by atoms with Gasteiger partial charge in [0, 0.05) is 25.7 Å². The monoisotopic (exact) mass is 340 g/mol. The van der Waals surface area contributed by atoms with Gasteiger partial charge < -0.3 is 15.2 Å². The topological polar surface area (TPSA) is 44.7 Å². The number of hydrogen-bond donors (Lipinski definition) is 2. The zero-order valence-electron chi connectivity index (χ0n) is 14.8. The van der Waals surface area contributed by atoms with E-state index in [1.54, 1.807) is 0 Å². The van der Waals surface area contributed by atoms with Crippen molar-refractivity contribution in [3.8, 4) is 0 Å². The van der Waals surface area contributed by atoms with Crippen molar-refractivity contribution < 1.29 is 9.84 Å². The molecule has 0 radical (unpaired) electrons. The maximum absolute atomic E-state index is 11.0. The van der Waals surface area contributed by atoms with Gasteiger partial charge in [0.1, 0.15) is 0 Å². The number of nitrogens with zero attached hydrogens (tertiary/aromatic N) is 1. The number of aliphatic hydroxyl groups is 1. The fourth-order valence-corrected chi connectivity index (χ4v) is 3.35. The van der Waals surface area contributed by atoms with Crippen LogP contribution in [0.2, 0.25) is 0 Å². The van der Waals surface area contributed by atoms with Crippen molar-refractivity contribution in [1.29, 1.82) is 0 Å². The molecule has 2 N–H and O–H groups in total. The third-order valence-corrected chi connectivity index (χ3v) is 4.84. The number of benzene rings is 2. The van der Waals surface area contributed by atoms with E-state index in [0.717, 1.165) is 38.4 Å². The van der Waals surface area contributed by atoms with Crippen molar-refractivity contribution in [2.24, 2.45) is 0 Å². The third kappa shape index (κ3) is 5.13. The first-order valence-electron chi connectivity index (χ1n) is 9.08. The standard InChI is InChI=1S/C21H28N2O2/c1-17(18-8-4-2-5-9-18)22-20(16-23-12-14-25-15-13-23)21(24)19-10-6-3-7-11-19/h2-11,17,20-22,24H,12-16H2,1H3. The molecular formula is C21H28N2O2. The van der Waals surface area contributed by atoms with Crippen molar-refractivity contribution in [2.45, 2.75) is 25.1 Å². The minimum atomic E-state index is -0.546. The zero-order valence-corrected chi connectivity index (χ0v) is 14.8. The molecule has 4 heteroatoms. The number of morpholine rings is 1. The molecule has 0 amide bonds.